The Morgan fingerprint density at radius 3 is 0.926 bits per heavy atom. The zero-order valence-corrected chi connectivity index (χ0v) is 34.0. The Hall–Kier alpha value is -2.28. The maximum atomic E-state index is 13.3. The maximum Gasteiger partial charge on any atom is 0.311 e. The van der Waals surface area contributed by atoms with Crippen molar-refractivity contribution in [1.82, 2.24) is 0 Å². The molecule has 0 aromatic heterocycles. The number of hydrogen-bond acceptors (Lipinski definition) is 12. The average molecular weight is 765 g/mol. The summed E-state index contributed by atoms with van der Waals surface area (Å²) in [6.45, 7) is 15.2. The van der Waals surface area contributed by atoms with Gasteiger partial charge < -0.3 is 37.9 Å². The van der Waals surface area contributed by atoms with Gasteiger partial charge in [0.05, 0.1) is 72.5 Å². The van der Waals surface area contributed by atoms with Crippen LogP contribution in [-0.2, 0) is 57.1 Å². The third-order valence-electron chi connectivity index (χ3n) is 12.6. The lowest BCUT2D eigenvalue weighted by Gasteiger charge is -2.26. The van der Waals surface area contributed by atoms with Gasteiger partial charge in [-0.05, 0) is 106 Å². The zero-order valence-electron chi connectivity index (χ0n) is 34.0. The van der Waals surface area contributed by atoms with Crippen LogP contribution in [-0.4, -0.2) is 97.1 Å². The molecule has 54 heavy (non-hydrogen) atoms. The van der Waals surface area contributed by atoms with E-state index in [0.29, 0.717) is 38.5 Å². The van der Waals surface area contributed by atoms with E-state index in [2.05, 4.69) is 0 Å². The largest absolute Gasteiger partial charge is 0.462 e. The van der Waals surface area contributed by atoms with Gasteiger partial charge in [0.15, 0.2) is 0 Å². The SMILES string of the molecule is CC[C@@H]1C[C@H]2CC[C@H](O2)[C@H](C)C(=O)O[C@@H](C)C[C@@H]2CC[C@H](O2)[C@@H](C)C(=O)O[C@H](CC)C[C@H]2CC[C@H](O2)[C@H](C)C(=O)O[C@@H](C)C[C@@H]2CC[C@H](O2)[C@@H](C)C(=O)O1. The van der Waals surface area contributed by atoms with E-state index in [0.717, 1.165) is 51.4 Å². The molecule has 5 aliphatic heterocycles. The Labute approximate surface area is 322 Å². The van der Waals surface area contributed by atoms with E-state index in [1.807, 2.05) is 55.4 Å². The van der Waals surface area contributed by atoms with Gasteiger partial charge >= 0.3 is 23.9 Å². The number of carbonyl (C=O) groups excluding carboxylic acids is 4. The van der Waals surface area contributed by atoms with Gasteiger partial charge in [-0.1, -0.05) is 13.8 Å². The molecule has 0 amide bonds. The van der Waals surface area contributed by atoms with Gasteiger partial charge in [-0.3, -0.25) is 19.2 Å². The van der Waals surface area contributed by atoms with Crippen LogP contribution in [0.25, 0.3) is 0 Å². The van der Waals surface area contributed by atoms with E-state index in [9.17, 15) is 19.2 Å². The van der Waals surface area contributed by atoms with Crippen molar-refractivity contribution in [2.45, 2.75) is 219 Å². The highest BCUT2D eigenvalue weighted by Crippen LogP contribution is 2.35. The Kier molecular flexibility index (Phi) is 15.7. The first-order valence-corrected chi connectivity index (χ1v) is 21.2. The van der Waals surface area contributed by atoms with Crippen LogP contribution in [0.3, 0.4) is 0 Å². The molecule has 0 aromatic carbocycles. The number of carbonyl (C=O) groups is 4. The fourth-order valence-electron chi connectivity index (χ4n) is 8.88. The number of esters is 4. The van der Waals surface area contributed by atoms with E-state index in [1.54, 1.807) is 0 Å². The molecule has 5 fully saturated rings. The average Bonchev–Trinajstić information content (AvgIpc) is 3.98. The van der Waals surface area contributed by atoms with Gasteiger partial charge in [-0.15, -0.1) is 0 Å². The van der Waals surface area contributed by atoms with E-state index in [1.165, 1.54) is 0 Å². The molecule has 5 saturated heterocycles. The summed E-state index contributed by atoms with van der Waals surface area (Å²) in [6, 6.07) is 0. The molecule has 0 saturated carbocycles. The van der Waals surface area contributed by atoms with Crippen LogP contribution in [0.5, 0.6) is 0 Å². The van der Waals surface area contributed by atoms with Crippen LogP contribution >= 0.6 is 0 Å². The molecule has 5 aliphatic rings. The first-order chi connectivity index (χ1) is 25.7. The molecule has 12 nitrogen and oxygen atoms in total. The van der Waals surface area contributed by atoms with E-state index < -0.39 is 23.7 Å². The summed E-state index contributed by atoms with van der Waals surface area (Å²) in [6.07, 6.45) is 6.72. The van der Waals surface area contributed by atoms with Crippen molar-refractivity contribution in [3.05, 3.63) is 0 Å². The Morgan fingerprint density at radius 2 is 0.648 bits per heavy atom. The van der Waals surface area contributed by atoms with Crippen LogP contribution in [0.2, 0.25) is 0 Å². The summed E-state index contributed by atoms with van der Waals surface area (Å²) < 4.78 is 49.0. The molecule has 0 radical (unpaired) electrons. The van der Waals surface area contributed by atoms with Crippen LogP contribution in [0, 0.1) is 23.7 Å². The minimum Gasteiger partial charge on any atom is -0.462 e. The van der Waals surface area contributed by atoms with E-state index in [-0.39, 0.29) is 97.1 Å². The molecular formula is C42H68O12. The second-order valence-corrected chi connectivity index (χ2v) is 17.0. The lowest BCUT2D eigenvalue weighted by molar-refractivity contribution is -0.162. The second kappa shape index (κ2) is 19.7. The molecule has 0 aliphatic carbocycles. The molecule has 0 aromatic rings. The van der Waals surface area contributed by atoms with Crippen molar-refractivity contribution in [1.29, 1.82) is 0 Å². The number of ether oxygens (including phenoxy) is 8. The first kappa shape index (κ1) is 42.9. The number of hydrogen-bond donors (Lipinski definition) is 0. The molecular weight excluding hydrogens is 696 g/mol. The Bertz CT molecular complexity index is 1160. The molecule has 0 spiro atoms. The predicted molar refractivity (Wildman–Crippen MR) is 198 cm³/mol. The summed E-state index contributed by atoms with van der Waals surface area (Å²) >= 11 is 0. The van der Waals surface area contributed by atoms with Gasteiger partial charge in [0.1, 0.15) is 24.4 Å². The molecule has 5 rings (SSSR count). The van der Waals surface area contributed by atoms with Gasteiger partial charge in [0.2, 0.25) is 0 Å². The van der Waals surface area contributed by atoms with E-state index in [4.69, 9.17) is 37.9 Å². The minimum absolute atomic E-state index is 0.115. The molecule has 8 bridgehead atoms. The molecule has 12 heteroatoms. The van der Waals surface area contributed by atoms with E-state index >= 15 is 0 Å². The number of cyclic esters (lactones) is 4. The van der Waals surface area contributed by atoms with Crippen LogP contribution < -0.4 is 0 Å². The third kappa shape index (κ3) is 11.4. The molecule has 16 atom stereocenters. The summed E-state index contributed by atoms with van der Waals surface area (Å²) in [7, 11) is 0. The Balaban J connectivity index is 1.22. The monoisotopic (exact) mass is 764 g/mol. The standard InChI is InChI=1S/C42H68O12/c1-9-29-21-33-13-17-35(51-33)25(5)39(43)47-24(4)20-32-12-16-38(50-32)28(8)42(46)54-30(10-2)22-34-14-18-36(52-34)26(6)40(44)48-23(3)19-31-11-15-37(49-31)27(7)41(45)53-29/h23-38H,9-22H2,1-8H3/t23-,24-,25-,26-,27+,28+,29+,30+,31-,32-,33+,34+,35-,36-,37-,38-/m0/s1. The van der Waals surface area contributed by atoms with Crippen LogP contribution in [0.4, 0.5) is 0 Å². The number of rotatable bonds is 2. The molecule has 308 valence electrons. The number of fused-ring (bicyclic) bond motifs is 8. The lowest BCUT2D eigenvalue weighted by Crippen LogP contribution is -2.34. The molecule has 0 N–H and O–H groups in total. The van der Waals surface area contributed by atoms with Gasteiger partial charge in [0.25, 0.3) is 0 Å². The minimum atomic E-state index is -0.435. The van der Waals surface area contributed by atoms with Crippen molar-refractivity contribution in [3.8, 4) is 0 Å². The van der Waals surface area contributed by atoms with Crippen molar-refractivity contribution in [2.24, 2.45) is 23.7 Å². The van der Waals surface area contributed by atoms with Crippen molar-refractivity contribution >= 4 is 23.9 Å². The molecule has 5 heterocycles. The molecule has 0 unspecified atom stereocenters. The summed E-state index contributed by atoms with van der Waals surface area (Å²) in [4.78, 5) is 53.0. The fraction of sp³-hybridized carbons (Fsp3) is 0.905. The normalized spacial score (nSPS) is 44.0. The van der Waals surface area contributed by atoms with Gasteiger partial charge in [-0.25, -0.2) is 0 Å². The fourth-order valence-corrected chi connectivity index (χ4v) is 8.88. The first-order valence-electron chi connectivity index (χ1n) is 21.2. The highest BCUT2D eigenvalue weighted by atomic mass is 16.6. The maximum absolute atomic E-state index is 13.3. The topological polar surface area (TPSA) is 142 Å². The van der Waals surface area contributed by atoms with Gasteiger partial charge in [0, 0.05) is 25.7 Å². The second-order valence-electron chi connectivity index (χ2n) is 17.0. The summed E-state index contributed by atoms with van der Waals surface area (Å²) in [5.74, 6) is -2.88. The third-order valence-corrected chi connectivity index (χ3v) is 12.6. The smallest absolute Gasteiger partial charge is 0.311 e. The summed E-state index contributed by atoms with van der Waals surface area (Å²) in [5, 5.41) is 0. The highest BCUT2D eigenvalue weighted by Gasteiger charge is 2.41. The van der Waals surface area contributed by atoms with Crippen molar-refractivity contribution in [3.63, 3.8) is 0 Å². The zero-order chi connectivity index (χ0) is 39.1. The van der Waals surface area contributed by atoms with Crippen LogP contribution in [0.1, 0.15) is 145 Å². The highest BCUT2D eigenvalue weighted by molar-refractivity contribution is 5.74. The Morgan fingerprint density at radius 1 is 0.389 bits per heavy atom. The van der Waals surface area contributed by atoms with Crippen LogP contribution in [0.15, 0.2) is 0 Å². The predicted octanol–water partition coefficient (Wildman–Crippen LogP) is 6.80. The van der Waals surface area contributed by atoms with Gasteiger partial charge in [-0.2, -0.15) is 0 Å². The quantitative estimate of drug-likeness (QED) is 0.216. The lowest BCUT2D eigenvalue weighted by atomic mass is 9.99. The van der Waals surface area contributed by atoms with Crippen molar-refractivity contribution in [2.75, 3.05) is 0 Å². The summed E-state index contributed by atoms with van der Waals surface area (Å²) in [5.41, 5.74) is 0. The van der Waals surface area contributed by atoms with Crippen molar-refractivity contribution < 1.29 is 57.1 Å².